The van der Waals surface area contributed by atoms with E-state index in [0.717, 1.165) is 42.8 Å². The fraction of sp³-hybridized carbons (Fsp3) is 0.346. The van der Waals surface area contributed by atoms with Crippen molar-refractivity contribution < 1.29 is 0 Å². The van der Waals surface area contributed by atoms with Gasteiger partial charge in [-0.3, -0.25) is 15.0 Å². The number of hydrogen-bond donors (Lipinski definition) is 1. The molecule has 1 aromatic heterocycles. The van der Waals surface area contributed by atoms with Crippen LogP contribution in [0.25, 0.3) is 0 Å². The van der Waals surface area contributed by atoms with Crippen molar-refractivity contribution in [3.8, 4) is 0 Å². The van der Waals surface area contributed by atoms with Gasteiger partial charge < -0.3 is 5.73 Å². The van der Waals surface area contributed by atoms with Gasteiger partial charge in [-0.25, -0.2) is 0 Å². The molecule has 0 bridgehead atoms. The monoisotopic (exact) mass is 402 g/mol. The molecule has 1 aliphatic rings. The number of aromatic nitrogens is 1. The van der Waals surface area contributed by atoms with Gasteiger partial charge in [-0.15, -0.1) is 0 Å². The highest BCUT2D eigenvalue weighted by atomic mass is 14.9. The molecule has 158 valence electrons. The average Bonchev–Trinajstić information content (AvgIpc) is 2.78. The van der Waals surface area contributed by atoms with Gasteiger partial charge in [0, 0.05) is 11.9 Å². The zero-order valence-corrected chi connectivity index (χ0v) is 18.7. The lowest BCUT2D eigenvalue weighted by molar-refractivity contribution is 0.624. The summed E-state index contributed by atoms with van der Waals surface area (Å²) in [7, 11) is 0. The number of hydrogen-bond acceptors (Lipinski definition) is 4. The fourth-order valence-corrected chi connectivity index (χ4v) is 3.16. The average molecular weight is 403 g/mol. The van der Waals surface area contributed by atoms with Gasteiger partial charge in [0.1, 0.15) is 0 Å². The van der Waals surface area contributed by atoms with E-state index in [1.807, 2.05) is 62.5 Å². The van der Waals surface area contributed by atoms with Crippen LogP contribution in [0.3, 0.4) is 0 Å². The van der Waals surface area contributed by atoms with Crippen molar-refractivity contribution in [1.82, 2.24) is 4.98 Å². The predicted octanol–water partition coefficient (Wildman–Crippen LogP) is 6.53. The number of pyridine rings is 1. The third-order valence-corrected chi connectivity index (χ3v) is 4.89. The molecular formula is C26H34N4. The van der Waals surface area contributed by atoms with Gasteiger partial charge in [-0.2, -0.15) is 0 Å². The van der Waals surface area contributed by atoms with Gasteiger partial charge >= 0.3 is 0 Å². The lowest BCUT2D eigenvalue weighted by Gasteiger charge is -2.12. The summed E-state index contributed by atoms with van der Waals surface area (Å²) in [6, 6.07) is 14.4. The Hall–Kier alpha value is -3.01. The lowest BCUT2D eigenvalue weighted by atomic mass is 10.0. The van der Waals surface area contributed by atoms with E-state index in [-0.39, 0.29) is 6.04 Å². The van der Waals surface area contributed by atoms with Crippen LogP contribution in [-0.2, 0) is 6.42 Å². The standard InChI is InChI=1S/C16H23N3.C10H11N/c1-4-6-10-14(17)13(3)19-16(9-5-2)15-11-7-8-12-18-15;1-8-6-7-9-4-2-3-5-10(9)11-8/h4,6-8,10-12,16H,5,9,17H2,1-3H3;2-5H,6-7H2,1H3/b6-4-,14-10-,19-13?;/t16-;/m0./s1. The molecule has 0 saturated heterocycles. The molecular weight excluding hydrogens is 368 g/mol. The van der Waals surface area contributed by atoms with E-state index in [1.165, 1.54) is 11.3 Å². The van der Waals surface area contributed by atoms with Crippen molar-refractivity contribution in [2.24, 2.45) is 15.7 Å². The van der Waals surface area contributed by atoms with Crippen LogP contribution in [0.2, 0.25) is 0 Å². The van der Waals surface area contributed by atoms with E-state index in [2.05, 4.69) is 42.0 Å². The summed E-state index contributed by atoms with van der Waals surface area (Å²) < 4.78 is 0. The molecule has 1 atom stereocenters. The number of aryl methyl sites for hydroxylation is 1. The van der Waals surface area contributed by atoms with Crippen molar-refractivity contribution in [1.29, 1.82) is 0 Å². The smallest absolute Gasteiger partial charge is 0.0923 e. The predicted molar refractivity (Wildman–Crippen MR) is 130 cm³/mol. The first kappa shape index (κ1) is 23.3. The minimum Gasteiger partial charge on any atom is -0.397 e. The second-order valence-corrected chi connectivity index (χ2v) is 7.40. The first-order valence-corrected chi connectivity index (χ1v) is 10.7. The number of nitrogens with zero attached hydrogens (tertiary/aromatic N) is 3. The zero-order chi connectivity index (χ0) is 21.8. The number of para-hydroxylation sites is 1. The molecule has 2 aromatic rings. The molecule has 30 heavy (non-hydrogen) atoms. The molecule has 1 aliphatic heterocycles. The molecule has 0 unspecified atom stereocenters. The van der Waals surface area contributed by atoms with E-state index in [1.54, 1.807) is 0 Å². The number of aliphatic imine (C=N–C) groups is 2. The highest BCUT2D eigenvalue weighted by Crippen LogP contribution is 2.24. The largest absolute Gasteiger partial charge is 0.397 e. The first-order valence-electron chi connectivity index (χ1n) is 10.7. The number of allylic oxidation sites excluding steroid dienone is 4. The summed E-state index contributed by atoms with van der Waals surface area (Å²) in [6.07, 6.45) is 11.9. The van der Waals surface area contributed by atoms with E-state index in [0.29, 0.717) is 5.70 Å². The molecule has 2 N–H and O–H groups in total. The number of rotatable bonds is 6. The Morgan fingerprint density at radius 2 is 1.93 bits per heavy atom. The Kier molecular flexibility index (Phi) is 9.72. The molecule has 0 amide bonds. The summed E-state index contributed by atoms with van der Waals surface area (Å²) in [5.41, 5.74) is 12.4. The maximum Gasteiger partial charge on any atom is 0.0923 e. The number of benzene rings is 1. The molecule has 0 saturated carbocycles. The van der Waals surface area contributed by atoms with E-state index in [9.17, 15) is 0 Å². The van der Waals surface area contributed by atoms with Gasteiger partial charge in [-0.05, 0) is 69.9 Å². The summed E-state index contributed by atoms with van der Waals surface area (Å²) in [5, 5.41) is 0. The minimum absolute atomic E-state index is 0.0868. The normalized spacial score (nSPS) is 15.1. The van der Waals surface area contributed by atoms with Crippen molar-refractivity contribution >= 4 is 17.1 Å². The van der Waals surface area contributed by atoms with E-state index < -0.39 is 0 Å². The highest BCUT2D eigenvalue weighted by molar-refractivity contribution is 5.97. The molecule has 4 heteroatoms. The Balaban J connectivity index is 0.000000244. The Bertz CT molecular complexity index is 908. The number of nitrogens with two attached hydrogens (primary N) is 1. The second-order valence-electron chi connectivity index (χ2n) is 7.40. The lowest BCUT2D eigenvalue weighted by Crippen LogP contribution is -2.10. The molecule has 0 spiro atoms. The van der Waals surface area contributed by atoms with Gasteiger partial charge in [0.15, 0.2) is 0 Å². The summed E-state index contributed by atoms with van der Waals surface area (Å²) >= 11 is 0. The summed E-state index contributed by atoms with van der Waals surface area (Å²) in [5.74, 6) is 0. The van der Waals surface area contributed by atoms with Crippen LogP contribution in [0.4, 0.5) is 5.69 Å². The highest BCUT2D eigenvalue weighted by Gasteiger charge is 2.11. The maximum atomic E-state index is 5.98. The molecule has 0 aliphatic carbocycles. The quantitative estimate of drug-likeness (QED) is 0.441. The van der Waals surface area contributed by atoms with E-state index >= 15 is 0 Å². The fourth-order valence-electron chi connectivity index (χ4n) is 3.16. The SMILES string of the molecule is C/C=C\C=C(/N)C(C)=N[C@@H](CCC)c1ccccn1.CC1=Nc2ccccc2CC1. The van der Waals surface area contributed by atoms with Crippen LogP contribution < -0.4 is 5.73 Å². The van der Waals surface area contributed by atoms with Crippen LogP contribution in [0.15, 0.2) is 82.6 Å². The van der Waals surface area contributed by atoms with Crippen LogP contribution in [0.5, 0.6) is 0 Å². The number of fused-ring (bicyclic) bond motifs is 1. The van der Waals surface area contributed by atoms with Crippen LogP contribution in [0, 0.1) is 0 Å². The van der Waals surface area contributed by atoms with Crippen molar-refractivity contribution in [2.75, 3.05) is 0 Å². The Morgan fingerprint density at radius 1 is 1.17 bits per heavy atom. The van der Waals surface area contributed by atoms with Crippen LogP contribution in [0.1, 0.15) is 64.3 Å². The topological polar surface area (TPSA) is 63.6 Å². The molecule has 4 nitrogen and oxygen atoms in total. The van der Waals surface area contributed by atoms with Crippen molar-refractivity contribution in [3.05, 3.63) is 83.8 Å². The van der Waals surface area contributed by atoms with Gasteiger partial charge in [0.05, 0.1) is 28.8 Å². The Labute approximate surface area is 181 Å². The summed E-state index contributed by atoms with van der Waals surface area (Å²) in [4.78, 5) is 13.6. The molecule has 0 radical (unpaired) electrons. The van der Waals surface area contributed by atoms with Gasteiger partial charge in [0.25, 0.3) is 0 Å². The molecule has 3 rings (SSSR count). The maximum absolute atomic E-state index is 5.98. The van der Waals surface area contributed by atoms with Crippen LogP contribution in [-0.4, -0.2) is 16.4 Å². The minimum atomic E-state index is 0.0868. The summed E-state index contributed by atoms with van der Waals surface area (Å²) in [6.45, 7) is 8.15. The van der Waals surface area contributed by atoms with Crippen LogP contribution >= 0.6 is 0 Å². The molecule has 1 aromatic carbocycles. The van der Waals surface area contributed by atoms with Crippen molar-refractivity contribution in [3.63, 3.8) is 0 Å². The third kappa shape index (κ3) is 7.43. The van der Waals surface area contributed by atoms with Gasteiger partial charge in [0.2, 0.25) is 0 Å². The van der Waals surface area contributed by atoms with E-state index in [4.69, 9.17) is 10.7 Å². The second kappa shape index (κ2) is 12.5. The third-order valence-electron chi connectivity index (χ3n) is 4.89. The van der Waals surface area contributed by atoms with Crippen molar-refractivity contribution in [2.45, 2.75) is 59.4 Å². The molecule has 0 fully saturated rings. The zero-order valence-electron chi connectivity index (χ0n) is 18.7. The van der Waals surface area contributed by atoms with Gasteiger partial charge in [-0.1, -0.05) is 49.8 Å². The first-order chi connectivity index (χ1) is 14.5. The Morgan fingerprint density at radius 3 is 2.63 bits per heavy atom. The molecule has 2 heterocycles.